The van der Waals surface area contributed by atoms with Crippen LogP contribution in [0.5, 0.6) is 17.2 Å². The van der Waals surface area contributed by atoms with Crippen molar-refractivity contribution in [1.82, 2.24) is 5.32 Å². The maximum absolute atomic E-state index is 12.8. The van der Waals surface area contributed by atoms with E-state index < -0.39 is 0 Å². The predicted molar refractivity (Wildman–Crippen MR) is 138 cm³/mol. The second-order valence-electron chi connectivity index (χ2n) is 10.00. The molecule has 6 nitrogen and oxygen atoms in total. The lowest BCUT2D eigenvalue weighted by Gasteiger charge is -2.22. The molecule has 0 aromatic heterocycles. The molecule has 0 aliphatic heterocycles. The van der Waals surface area contributed by atoms with E-state index in [1.165, 1.54) is 0 Å². The molecule has 0 spiro atoms. The first-order chi connectivity index (χ1) is 15.8. The molecule has 0 atom stereocenters. The van der Waals surface area contributed by atoms with E-state index in [0.29, 0.717) is 35.2 Å². The van der Waals surface area contributed by atoms with Gasteiger partial charge >= 0.3 is 5.97 Å². The summed E-state index contributed by atoms with van der Waals surface area (Å²) in [6.45, 7) is 14.4. The molecule has 0 saturated carbocycles. The van der Waals surface area contributed by atoms with E-state index >= 15 is 0 Å². The summed E-state index contributed by atoms with van der Waals surface area (Å²) in [4.78, 5) is 24.7. The molecule has 2 rings (SSSR count). The van der Waals surface area contributed by atoms with Gasteiger partial charge in [0, 0.05) is 27.2 Å². The molecule has 0 fully saturated rings. The Morgan fingerprint density at radius 3 is 2.21 bits per heavy atom. The number of carbonyl (C=O) groups is 2. The van der Waals surface area contributed by atoms with E-state index in [2.05, 4.69) is 26.1 Å². The van der Waals surface area contributed by atoms with Crippen molar-refractivity contribution in [2.75, 3.05) is 13.7 Å². The van der Waals surface area contributed by atoms with Crippen LogP contribution in [0.15, 0.2) is 36.4 Å². The van der Waals surface area contributed by atoms with Crippen molar-refractivity contribution in [3.8, 4) is 17.2 Å². The highest BCUT2D eigenvalue weighted by Gasteiger charge is 2.20. The zero-order chi connectivity index (χ0) is 25.5. The number of hydrogen-bond donors (Lipinski definition) is 1. The van der Waals surface area contributed by atoms with Crippen molar-refractivity contribution in [2.24, 2.45) is 0 Å². The summed E-state index contributed by atoms with van der Waals surface area (Å²) < 4.78 is 16.9. The lowest BCUT2D eigenvalue weighted by atomic mass is 10.1. The van der Waals surface area contributed by atoms with Crippen molar-refractivity contribution in [3.05, 3.63) is 53.1 Å². The molecule has 0 radical (unpaired) electrons. The number of nitrogens with one attached hydrogen (secondary N) is 1. The Balaban J connectivity index is 2.40. The molecule has 34 heavy (non-hydrogen) atoms. The number of esters is 1. The minimum absolute atomic E-state index is 0.0399. The summed E-state index contributed by atoms with van der Waals surface area (Å²) in [6, 6.07) is 10.8. The lowest BCUT2D eigenvalue weighted by Crippen LogP contribution is -2.40. The number of thioether (sulfide) groups is 1. The van der Waals surface area contributed by atoms with E-state index in [-0.39, 0.29) is 28.6 Å². The maximum atomic E-state index is 12.8. The standard InChI is InChI=1S/C27H37NO5S/c1-9-32-24(29)15-18-10-12-22(31-8)23(14-18)33-21-13-11-19(25(30)28-26(2,3)4)16-20(21)17-34-27(5,6)7/h10-14,16H,9,15,17H2,1-8H3,(H,28,30). The summed E-state index contributed by atoms with van der Waals surface area (Å²) in [5, 5.41) is 3.01. The average molecular weight is 488 g/mol. The van der Waals surface area contributed by atoms with Gasteiger partial charge in [-0.15, -0.1) is 0 Å². The van der Waals surface area contributed by atoms with Gasteiger partial charge in [0.2, 0.25) is 0 Å². The van der Waals surface area contributed by atoms with Crippen molar-refractivity contribution in [3.63, 3.8) is 0 Å². The van der Waals surface area contributed by atoms with Gasteiger partial charge in [-0.2, -0.15) is 11.8 Å². The summed E-state index contributed by atoms with van der Waals surface area (Å²) in [6.07, 6.45) is 0.146. The second kappa shape index (κ2) is 11.6. The predicted octanol–water partition coefficient (Wildman–Crippen LogP) is 6.15. The van der Waals surface area contributed by atoms with Gasteiger partial charge in [0.05, 0.1) is 20.1 Å². The van der Waals surface area contributed by atoms with Crippen molar-refractivity contribution in [1.29, 1.82) is 0 Å². The topological polar surface area (TPSA) is 73.9 Å². The minimum Gasteiger partial charge on any atom is -0.493 e. The normalized spacial score (nSPS) is 11.6. The van der Waals surface area contributed by atoms with Crippen LogP contribution in [0.4, 0.5) is 0 Å². The number of ether oxygens (including phenoxy) is 3. The molecule has 2 aromatic carbocycles. The van der Waals surface area contributed by atoms with Crippen LogP contribution in [0.25, 0.3) is 0 Å². The number of rotatable bonds is 9. The first-order valence-electron chi connectivity index (χ1n) is 11.4. The molecule has 2 aromatic rings. The first-order valence-corrected chi connectivity index (χ1v) is 12.4. The van der Waals surface area contributed by atoms with Crippen molar-refractivity contribution >= 4 is 23.6 Å². The highest BCUT2D eigenvalue weighted by atomic mass is 32.2. The third-order valence-corrected chi connectivity index (χ3v) is 5.89. The van der Waals surface area contributed by atoms with Crippen LogP contribution in [0.1, 0.15) is 70.0 Å². The Morgan fingerprint density at radius 1 is 0.941 bits per heavy atom. The largest absolute Gasteiger partial charge is 0.493 e. The van der Waals surface area contributed by atoms with Crippen LogP contribution in [-0.4, -0.2) is 35.9 Å². The van der Waals surface area contributed by atoms with Gasteiger partial charge in [0.15, 0.2) is 11.5 Å². The fourth-order valence-electron chi connectivity index (χ4n) is 3.05. The first kappa shape index (κ1) is 27.6. The van der Waals surface area contributed by atoms with Gasteiger partial charge in [0.1, 0.15) is 5.75 Å². The van der Waals surface area contributed by atoms with E-state index in [1.807, 2.05) is 39.0 Å². The van der Waals surface area contributed by atoms with Crippen LogP contribution in [0, 0.1) is 0 Å². The number of hydrogen-bond acceptors (Lipinski definition) is 6. The SMILES string of the molecule is CCOC(=O)Cc1ccc(OC)c(Oc2ccc(C(=O)NC(C)(C)C)cc2CSC(C)(C)C)c1. The zero-order valence-electron chi connectivity index (χ0n) is 21.5. The monoisotopic (exact) mass is 487 g/mol. The molecule has 1 N–H and O–H groups in total. The highest BCUT2D eigenvalue weighted by Crippen LogP contribution is 2.37. The van der Waals surface area contributed by atoms with E-state index in [1.54, 1.807) is 44.0 Å². The summed E-state index contributed by atoms with van der Waals surface area (Å²) in [5.74, 6) is 1.93. The molecule has 186 valence electrons. The fourth-order valence-corrected chi connectivity index (χ4v) is 3.86. The maximum Gasteiger partial charge on any atom is 0.310 e. The van der Waals surface area contributed by atoms with Gasteiger partial charge in [0.25, 0.3) is 5.91 Å². The number of amides is 1. The van der Waals surface area contributed by atoms with Crippen LogP contribution < -0.4 is 14.8 Å². The number of benzene rings is 2. The van der Waals surface area contributed by atoms with Gasteiger partial charge < -0.3 is 19.5 Å². The molecular formula is C27H37NO5S. The molecule has 7 heteroatoms. The Bertz CT molecular complexity index is 1010. The Hall–Kier alpha value is -2.67. The van der Waals surface area contributed by atoms with Gasteiger partial charge in [-0.1, -0.05) is 26.8 Å². The van der Waals surface area contributed by atoms with Gasteiger partial charge in [-0.05, 0) is 63.6 Å². The third-order valence-electron chi connectivity index (χ3n) is 4.57. The average Bonchev–Trinajstić information content (AvgIpc) is 2.71. The molecule has 1 amide bonds. The van der Waals surface area contributed by atoms with Crippen molar-refractivity contribution in [2.45, 2.75) is 70.9 Å². The quantitative estimate of drug-likeness (QED) is 0.428. The minimum atomic E-state index is -0.334. The van der Waals surface area contributed by atoms with Crippen molar-refractivity contribution < 1.29 is 23.8 Å². The molecule has 0 aliphatic rings. The van der Waals surface area contributed by atoms with Crippen LogP contribution in [0.2, 0.25) is 0 Å². The number of carbonyl (C=O) groups excluding carboxylic acids is 2. The van der Waals surface area contributed by atoms with Gasteiger partial charge in [-0.3, -0.25) is 9.59 Å². The summed E-state index contributed by atoms with van der Waals surface area (Å²) in [5.41, 5.74) is 1.91. The molecule has 0 aliphatic carbocycles. The Morgan fingerprint density at radius 2 is 1.62 bits per heavy atom. The summed E-state index contributed by atoms with van der Waals surface area (Å²) in [7, 11) is 1.57. The van der Waals surface area contributed by atoms with Crippen LogP contribution in [-0.2, 0) is 21.7 Å². The molecule has 0 bridgehead atoms. The van der Waals surface area contributed by atoms with Crippen LogP contribution in [0.3, 0.4) is 0 Å². The fraction of sp³-hybridized carbons (Fsp3) is 0.481. The molecule has 0 heterocycles. The van der Waals surface area contributed by atoms with E-state index in [4.69, 9.17) is 14.2 Å². The smallest absolute Gasteiger partial charge is 0.310 e. The molecule has 0 saturated heterocycles. The summed E-state index contributed by atoms with van der Waals surface area (Å²) >= 11 is 1.77. The molecule has 0 unspecified atom stereocenters. The third kappa shape index (κ3) is 8.93. The molecular weight excluding hydrogens is 450 g/mol. The van der Waals surface area contributed by atoms with E-state index in [9.17, 15) is 9.59 Å². The Kier molecular flexibility index (Phi) is 9.45. The van der Waals surface area contributed by atoms with Gasteiger partial charge in [-0.25, -0.2) is 0 Å². The lowest BCUT2D eigenvalue weighted by molar-refractivity contribution is -0.142. The highest BCUT2D eigenvalue weighted by molar-refractivity contribution is 7.99. The second-order valence-corrected chi connectivity index (χ2v) is 11.8. The number of methoxy groups -OCH3 is 1. The Labute approximate surface area is 207 Å². The van der Waals surface area contributed by atoms with E-state index in [0.717, 1.165) is 11.1 Å². The zero-order valence-corrected chi connectivity index (χ0v) is 22.4. The van der Waals surface area contributed by atoms with Crippen LogP contribution >= 0.6 is 11.8 Å².